The van der Waals surface area contributed by atoms with E-state index in [1.165, 1.54) is 26.3 Å². The molecular weight excluding hydrogens is 277 g/mol. The van der Waals surface area contributed by atoms with Crippen molar-refractivity contribution in [2.75, 3.05) is 27.3 Å². The highest BCUT2D eigenvalue weighted by Crippen LogP contribution is 2.24. The Bertz CT molecular complexity index is 481. The first-order valence-corrected chi connectivity index (χ1v) is 5.70. The molecule has 0 unspecified atom stereocenters. The third-order valence-corrected chi connectivity index (χ3v) is 2.56. The molecule has 0 heterocycles. The molecular formula is C12H13ClFNO4. The molecule has 104 valence electrons. The minimum Gasteiger partial charge on any atom is -0.482 e. The number of likely N-dealkylation sites (N-methyl/N-ethyl adjacent to an activating group) is 1. The predicted octanol–water partition coefficient (Wildman–Crippen LogP) is 1.49. The van der Waals surface area contributed by atoms with Gasteiger partial charge in [0, 0.05) is 7.05 Å². The van der Waals surface area contributed by atoms with E-state index < -0.39 is 17.7 Å². The largest absolute Gasteiger partial charge is 0.482 e. The van der Waals surface area contributed by atoms with Crippen LogP contribution in [0.3, 0.4) is 0 Å². The number of nitrogens with zero attached hydrogens (tertiary/aromatic N) is 1. The molecule has 7 heteroatoms. The summed E-state index contributed by atoms with van der Waals surface area (Å²) in [6, 6.07) is 3.58. The van der Waals surface area contributed by atoms with Gasteiger partial charge < -0.3 is 14.4 Å². The molecule has 0 saturated heterocycles. The number of halogens is 2. The molecule has 0 atom stereocenters. The molecule has 5 nitrogen and oxygen atoms in total. The summed E-state index contributed by atoms with van der Waals surface area (Å²) in [5, 5.41) is 0.0726. The van der Waals surface area contributed by atoms with Crippen molar-refractivity contribution in [1.82, 2.24) is 4.90 Å². The number of carbonyl (C=O) groups is 2. The van der Waals surface area contributed by atoms with Crippen molar-refractivity contribution in [3.63, 3.8) is 0 Å². The number of rotatable bonds is 5. The molecule has 0 spiro atoms. The van der Waals surface area contributed by atoms with Crippen LogP contribution in [-0.2, 0) is 14.3 Å². The summed E-state index contributed by atoms with van der Waals surface area (Å²) in [6.45, 7) is -0.477. The van der Waals surface area contributed by atoms with Crippen LogP contribution in [0.5, 0.6) is 5.75 Å². The van der Waals surface area contributed by atoms with E-state index in [0.717, 1.165) is 11.0 Å². The summed E-state index contributed by atoms with van der Waals surface area (Å²) < 4.78 is 22.4. The average molecular weight is 290 g/mol. The van der Waals surface area contributed by atoms with Crippen molar-refractivity contribution in [3.05, 3.63) is 29.0 Å². The second-order valence-electron chi connectivity index (χ2n) is 3.69. The Labute approximate surface area is 114 Å². The van der Waals surface area contributed by atoms with Gasteiger partial charge in [-0.25, -0.2) is 4.39 Å². The first-order chi connectivity index (χ1) is 8.93. The molecule has 0 aliphatic heterocycles. The number of hydrogen-bond donors (Lipinski definition) is 0. The van der Waals surface area contributed by atoms with Crippen molar-refractivity contribution in [2.45, 2.75) is 0 Å². The molecule has 1 amide bonds. The van der Waals surface area contributed by atoms with Crippen LogP contribution in [0.4, 0.5) is 4.39 Å². The number of carbonyl (C=O) groups excluding carboxylic acids is 2. The van der Waals surface area contributed by atoms with Crippen LogP contribution in [-0.4, -0.2) is 44.1 Å². The molecule has 0 saturated carbocycles. The van der Waals surface area contributed by atoms with Crippen molar-refractivity contribution in [2.24, 2.45) is 0 Å². The minimum atomic E-state index is -0.532. The second-order valence-corrected chi connectivity index (χ2v) is 4.10. The van der Waals surface area contributed by atoms with E-state index in [4.69, 9.17) is 16.3 Å². The molecule has 0 aliphatic carbocycles. The smallest absolute Gasteiger partial charge is 0.325 e. The van der Waals surface area contributed by atoms with E-state index >= 15 is 0 Å². The highest BCUT2D eigenvalue weighted by Gasteiger charge is 2.14. The second kappa shape index (κ2) is 6.94. The number of hydrogen-bond acceptors (Lipinski definition) is 4. The lowest BCUT2D eigenvalue weighted by Crippen LogP contribution is -2.35. The van der Waals surface area contributed by atoms with Gasteiger partial charge in [-0.05, 0) is 18.2 Å². The van der Waals surface area contributed by atoms with Gasteiger partial charge in [-0.2, -0.15) is 0 Å². The number of ether oxygens (including phenoxy) is 2. The Kier molecular flexibility index (Phi) is 5.57. The van der Waals surface area contributed by atoms with Gasteiger partial charge in [0.1, 0.15) is 18.1 Å². The zero-order valence-electron chi connectivity index (χ0n) is 10.5. The van der Waals surface area contributed by atoms with Crippen LogP contribution in [0.25, 0.3) is 0 Å². The van der Waals surface area contributed by atoms with E-state index in [0.29, 0.717) is 0 Å². The molecule has 0 N–H and O–H groups in total. The normalized spacial score (nSPS) is 9.89. The van der Waals surface area contributed by atoms with E-state index in [1.807, 2.05) is 0 Å². The fraction of sp³-hybridized carbons (Fsp3) is 0.333. The van der Waals surface area contributed by atoms with Gasteiger partial charge in [-0.3, -0.25) is 9.59 Å². The maximum atomic E-state index is 12.8. The van der Waals surface area contributed by atoms with E-state index in [-0.39, 0.29) is 23.9 Å². The molecule has 1 aromatic rings. The first kappa shape index (κ1) is 15.2. The Morgan fingerprint density at radius 3 is 2.68 bits per heavy atom. The SMILES string of the molecule is COC(=O)CN(C)C(=O)COc1ccc(F)cc1Cl. The van der Waals surface area contributed by atoms with Gasteiger partial charge in [0.05, 0.1) is 12.1 Å². The zero-order chi connectivity index (χ0) is 14.4. The van der Waals surface area contributed by atoms with Gasteiger partial charge >= 0.3 is 5.97 Å². The highest BCUT2D eigenvalue weighted by atomic mass is 35.5. The van der Waals surface area contributed by atoms with Crippen LogP contribution in [0.1, 0.15) is 0 Å². The Balaban J connectivity index is 2.52. The van der Waals surface area contributed by atoms with Crippen LogP contribution in [0.2, 0.25) is 5.02 Å². The summed E-state index contributed by atoms with van der Waals surface area (Å²) in [6.07, 6.45) is 0. The third kappa shape index (κ3) is 4.75. The molecule has 1 rings (SSSR count). The summed E-state index contributed by atoms with van der Waals surface area (Å²) in [5.74, 6) is -1.25. The zero-order valence-corrected chi connectivity index (χ0v) is 11.2. The van der Waals surface area contributed by atoms with Crippen LogP contribution >= 0.6 is 11.6 Å². The quantitative estimate of drug-likeness (QED) is 0.771. The number of methoxy groups -OCH3 is 1. The molecule has 0 fully saturated rings. The maximum Gasteiger partial charge on any atom is 0.325 e. The first-order valence-electron chi connectivity index (χ1n) is 5.32. The molecule has 0 bridgehead atoms. The van der Waals surface area contributed by atoms with E-state index in [2.05, 4.69) is 4.74 Å². The Hall–Kier alpha value is -1.82. The van der Waals surface area contributed by atoms with Crippen molar-refractivity contribution in [1.29, 1.82) is 0 Å². The van der Waals surface area contributed by atoms with Crippen LogP contribution in [0, 0.1) is 5.82 Å². The molecule has 0 aromatic heterocycles. The molecule has 0 radical (unpaired) electrons. The monoisotopic (exact) mass is 289 g/mol. The lowest BCUT2D eigenvalue weighted by atomic mass is 10.3. The van der Waals surface area contributed by atoms with Crippen molar-refractivity contribution >= 4 is 23.5 Å². The number of amides is 1. The summed E-state index contributed by atoms with van der Waals surface area (Å²) in [7, 11) is 2.67. The van der Waals surface area contributed by atoms with Crippen molar-refractivity contribution < 1.29 is 23.5 Å². The summed E-state index contributed by atoms with van der Waals surface area (Å²) >= 11 is 5.74. The average Bonchev–Trinajstić information content (AvgIpc) is 2.37. The minimum absolute atomic E-state index is 0.0726. The van der Waals surface area contributed by atoms with Gasteiger partial charge in [-0.15, -0.1) is 0 Å². The summed E-state index contributed by atoms with van der Waals surface area (Å²) in [5.41, 5.74) is 0. The van der Waals surface area contributed by atoms with Crippen molar-refractivity contribution in [3.8, 4) is 5.75 Å². The van der Waals surface area contributed by atoms with Crippen LogP contribution in [0.15, 0.2) is 18.2 Å². The van der Waals surface area contributed by atoms with E-state index in [1.54, 1.807) is 0 Å². The van der Waals surface area contributed by atoms with Gasteiger partial charge in [0.2, 0.25) is 0 Å². The van der Waals surface area contributed by atoms with Gasteiger partial charge in [0.25, 0.3) is 5.91 Å². The topological polar surface area (TPSA) is 55.8 Å². The standard InChI is InChI=1S/C12H13ClFNO4/c1-15(6-12(17)18-2)11(16)7-19-10-4-3-8(14)5-9(10)13/h3-5H,6-7H2,1-2H3. The lowest BCUT2D eigenvalue weighted by molar-refractivity contribution is -0.146. The lowest BCUT2D eigenvalue weighted by Gasteiger charge is -2.16. The number of benzene rings is 1. The Morgan fingerprint density at radius 2 is 2.11 bits per heavy atom. The molecule has 19 heavy (non-hydrogen) atoms. The van der Waals surface area contributed by atoms with Crippen LogP contribution < -0.4 is 4.74 Å². The fourth-order valence-electron chi connectivity index (χ4n) is 1.19. The fourth-order valence-corrected chi connectivity index (χ4v) is 1.41. The van der Waals surface area contributed by atoms with E-state index in [9.17, 15) is 14.0 Å². The Morgan fingerprint density at radius 1 is 1.42 bits per heavy atom. The highest BCUT2D eigenvalue weighted by molar-refractivity contribution is 6.32. The predicted molar refractivity (Wildman–Crippen MR) is 66.6 cm³/mol. The maximum absolute atomic E-state index is 12.8. The third-order valence-electron chi connectivity index (χ3n) is 2.26. The summed E-state index contributed by atoms with van der Waals surface area (Å²) in [4.78, 5) is 23.8. The number of esters is 1. The van der Waals surface area contributed by atoms with Gasteiger partial charge in [0.15, 0.2) is 6.61 Å². The van der Waals surface area contributed by atoms with Gasteiger partial charge in [-0.1, -0.05) is 11.6 Å². The molecule has 0 aliphatic rings. The molecule has 1 aromatic carbocycles.